The zero-order chi connectivity index (χ0) is 12.2. The highest BCUT2D eigenvalue weighted by Crippen LogP contribution is 2.36. The Morgan fingerprint density at radius 3 is 1.81 bits per heavy atom. The van der Waals surface area contributed by atoms with Crippen LogP contribution < -0.4 is 0 Å². The van der Waals surface area contributed by atoms with Crippen LogP contribution >= 0.6 is 0 Å². The zero-order valence-electron chi connectivity index (χ0n) is 8.55. The van der Waals surface area contributed by atoms with E-state index in [9.17, 15) is 13.2 Å². The summed E-state index contributed by atoms with van der Waals surface area (Å²) < 4.78 is 42.7. The molecule has 0 aromatic rings. The molecule has 2 aliphatic rings. The van der Waals surface area contributed by atoms with Crippen molar-refractivity contribution in [2.24, 2.45) is 0 Å². The minimum Gasteiger partial charge on any atom is -0.475 e. The van der Waals surface area contributed by atoms with Crippen molar-refractivity contribution in [2.75, 3.05) is 13.2 Å². The molecule has 0 aromatic heterocycles. The maximum absolute atomic E-state index is 10.6. The van der Waals surface area contributed by atoms with E-state index in [-0.39, 0.29) is 5.79 Å². The van der Waals surface area contributed by atoms with Gasteiger partial charge in [0.25, 0.3) is 0 Å². The Morgan fingerprint density at radius 1 is 1.12 bits per heavy atom. The highest BCUT2D eigenvalue weighted by molar-refractivity contribution is 5.73. The molecular weight excluding hydrogens is 229 g/mol. The number of ether oxygens (including phenoxy) is 2. The zero-order valence-corrected chi connectivity index (χ0v) is 8.55. The van der Waals surface area contributed by atoms with Gasteiger partial charge in [-0.1, -0.05) is 0 Å². The molecule has 0 aromatic carbocycles. The Morgan fingerprint density at radius 2 is 1.50 bits per heavy atom. The third-order valence-corrected chi connectivity index (χ3v) is 2.42. The van der Waals surface area contributed by atoms with Gasteiger partial charge in [0, 0.05) is 12.8 Å². The second kappa shape index (κ2) is 5.01. The van der Waals surface area contributed by atoms with E-state index in [4.69, 9.17) is 19.4 Å². The summed E-state index contributed by atoms with van der Waals surface area (Å²) in [6.07, 6.45) is -0.292. The Labute approximate surface area is 90.3 Å². The summed E-state index contributed by atoms with van der Waals surface area (Å²) >= 11 is 0. The highest BCUT2D eigenvalue weighted by atomic mass is 19.4. The summed E-state index contributed by atoms with van der Waals surface area (Å²) in [4.78, 5) is 8.90. The van der Waals surface area contributed by atoms with Crippen LogP contribution in [0.1, 0.15) is 25.7 Å². The van der Waals surface area contributed by atoms with Gasteiger partial charge in [0.1, 0.15) is 0 Å². The predicted octanol–water partition coefficient (Wildman–Crippen LogP) is 1.94. The summed E-state index contributed by atoms with van der Waals surface area (Å²) in [5.74, 6) is -2.87. The van der Waals surface area contributed by atoms with Crippen molar-refractivity contribution >= 4 is 5.97 Å². The minimum absolute atomic E-state index is 0.111. The van der Waals surface area contributed by atoms with E-state index in [1.165, 1.54) is 12.8 Å². The molecule has 2 rings (SSSR count). The topological polar surface area (TPSA) is 55.8 Å². The van der Waals surface area contributed by atoms with Crippen LogP contribution in [-0.2, 0) is 14.3 Å². The Kier molecular flexibility index (Phi) is 4.15. The molecule has 0 bridgehead atoms. The number of carbonyl (C=O) groups is 1. The van der Waals surface area contributed by atoms with Crippen molar-refractivity contribution in [1.82, 2.24) is 0 Å². The first-order valence-corrected chi connectivity index (χ1v) is 4.94. The molecule has 1 heterocycles. The second-order valence-electron chi connectivity index (χ2n) is 3.62. The van der Waals surface area contributed by atoms with Crippen LogP contribution in [0.3, 0.4) is 0 Å². The first-order chi connectivity index (χ1) is 7.36. The van der Waals surface area contributed by atoms with Gasteiger partial charge in [-0.2, -0.15) is 13.2 Å². The maximum atomic E-state index is 10.6. The maximum Gasteiger partial charge on any atom is 0.490 e. The molecule has 1 spiro atoms. The molecule has 0 atom stereocenters. The lowest BCUT2D eigenvalue weighted by Gasteiger charge is -2.19. The van der Waals surface area contributed by atoms with Crippen LogP contribution in [-0.4, -0.2) is 36.3 Å². The van der Waals surface area contributed by atoms with Crippen LogP contribution in [0.5, 0.6) is 0 Å². The number of carboxylic acid groups (broad SMARTS) is 1. The molecule has 1 saturated carbocycles. The molecule has 0 unspecified atom stereocenters. The van der Waals surface area contributed by atoms with Crippen molar-refractivity contribution < 1.29 is 32.5 Å². The molecule has 0 radical (unpaired) electrons. The third kappa shape index (κ3) is 3.64. The molecule has 16 heavy (non-hydrogen) atoms. The molecule has 94 valence electrons. The lowest BCUT2D eigenvalue weighted by atomic mass is 10.2. The smallest absolute Gasteiger partial charge is 0.475 e. The van der Waals surface area contributed by atoms with Crippen LogP contribution in [0.2, 0.25) is 0 Å². The van der Waals surface area contributed by atoms with E-state index in [0.717, 1.165) is 26.1 Å². The van der Waals surface area contributed by atoms with E-state index in [1.807, 2.05) is 0 Å². The van der Waals surface area contributed by atoms with Gasteiger partial charge in [0.15, 0.2) is 5.79 Å². The van der Waals surface area contributed by atoms with Crippen LogP contribution in [0.15, 0.2) is 0 Å². The standard InChI is InChI=1S/C7H12O2.C2HF3O2/c1-2-4-7(3-1)8-5-6-9-7;3-2(4,5)1(6)7/h1-6H2;(H,6,7). The summed E-state index contributed by atoms with van der Waals surface area (Å²) in [7, 11) is 0. The van der Waals surface area contributed by atoms with Gasteiger partial charge in [-0.25, -0.2) is 4.79 Å². The average molecular weight is 242 g/mol. The number of hydrogen-bond acceptors (Lipinski definition) is 3. The monoisotopic (exact) mass is 242 g/mol. The van der Waals surface area contributed by atoms with E-state index >= 15 is 0 Å². The molecule has 1 saturated heterocycles. The van der Waals surface area contributed by atoms with Gasteiger partial charge >= 0.3 is 12.1 Å². The van der Waals surface area contributed by atoms with E-state index in [0.29, 0.717) is 0 Å². The first-order valence-electron chi connectivity index (χ1n) is 4.94. The summed E-state index contributed by atoms with van der Waals surface area (Å²) in [6, 6.07) is 0. The molecule has 7 heteroatoms. The fourth-order valence-corrected chi connectivity index (χ4v) is 1.70. The Hall–Kier alpha value is -0.820. The quantitative estimate of drug-likeness (QED) is 0.705. The molecule has 1 aliphatic carbocycles. The van der Waals surface area contributed by atoms with E-state index < -0.39 is 12.1 Å². The molecule has 1 N–H and O–H groups in total. The van der Waals surface area contributed by atoms with Gasteiger partial charge < -0.3 is 14.6 Å². The Bertz CT molecular complexity index is 222. The largest absolute Gasteiger partial charge is 0.490 e. The Balaban J connectivity index is 0.000000168. The number of aliphatic carboxylic acids is 1. The van der Waals surface area contributed by atoms with Crippen LogP contribution in [0.4, 0.5) is 13.2 Å². The number of hydrogen-bond donors (Lipinski definition) is 1. The summed E-state index contributed by atoms with van der Waals surface area (Å²) in [6.45, 7) is 1.61. The van der Waals surface area contributed by atoms with Gasteiger partial charge in [-0.15, -0.1) is 0 Å². The minimum atomic E-state index is -5.08. The van der Waals surface area contributed by atoms with Crippen LogP contribution in [0.25, 0.3) is 0 Å². The second-order valence-corrected chi connectivity index (χ2v) is 3.62. The number of alkyl halides is 3. The van der Waals surface area contributed by atoms with Crippen molar-refractivity contribution in [3.8, 4) is 0 Å². The lowest BCUT2D eigenvalue weighted by Crippen LogP contribution is -2.24. The fourth-order valence-electron chi connectivity index (χ4n) is 1.70. The fraction of sp³-hybridized carbons (Fsp3) is 0.889. The average Bonchev–Trinajstić information content (AvgIpc) is 2.79. The van der Waals surface area contributed by atoms with Gasteiger partial charge in [0.05, 0.1) is 13.2 Å². The predicted molar refractivity (Wildman–Crippen MR) is 46.8 cm³/mol. The number of carboxylic acids is 1. The van der Waals surface area contributed by atoms with Crippen molar-refractivity contribution in [2.45, 2.75) is 37.6 Å². The summed E-state index contributed by atoms with van der Waals surface area (Å²) in [5.41, 5.74) is 0. The van der Waals surface area contributed by atoms with E-state index in [2.05, 4.69) is 0 Å². The highest BCUT2D eigenvalue weighted by Gasteiger charge is 2.39. The molecule has 1 aliphatic heterocycles. The molecule has 2 fully saturated rings. The van der Waals surface area contributed by atoms with E-state index in [1.54, 1.807) is 0 Å². The molecular formula is C9H13F3O4. The number of halogens is 3. The van der Waals surface area contributed by atoms with Gasteiger partial charge in [0.2, 0.25) is 0 Å². The normalized spacial score (nSPS) is 22.9. The van der Waals surface area contributed by atoms with Gasteiger partial charge in [-0.05, 0) is 12.8 Å². The van der Waals surface area contributed by atoms with Crippen molar-refractivity contribution in [3.05, 3.63) is 0 Å². The lowest BCUT2D eigenvalue weighted by molar-refractivity contribution is -0.192. The van der Waals surface area contributed by atoms with Gasteiger partial charge in [-0.3, -0.25) is 0 Å². The van der Waals surface area contributed by atoms with Crippen LogP contribution in [0, 0.1) is 0 Å². The molecule has 0 amide bonds. The first kappa shape index (κ1) is 13.2. The van der Waals surface area contributed by atoms with Crippen molar-refractivity contribution in [3.63, 3.8) is 0 Å². The SMILES string of the molecule is C1CCC2(C1)OCCO2.O=C(O)C(F)(F)F. The molecule has 4 nitrogen and oxygen atoms in total. The van der Waals surface area contributed by atoms with Crippen molar-refractivity contribution in [1.29, 1.82) is 0 Å². The third-order valence-electron chi connectivity index (χ3n) is 2.42. The number of rotatable bonds is 0. The summed E-state index contributed by atoms with van der Waals surface area (Å²) in [5, 5.41) is 7.12.